The van der Waals surface area contributed by atoms with Gasteiger partial charge in [-0.25, -0.2) is 14.8 Å². The Morgan fingerprint density at radius 1 is 0.784 bits per heavy atom. The van der Waals surface area contributed by atoms with Gasteiger partial charge in [0.1, 0.15) is 53.5 Å². The molecule has 3 aromatic carbocycles. The summed E-state index contributed by atoms with van der Waals surface area (Å²) in [6.45, 7) is 4.75. The van der Waals surface area contributed by atoms with E-state index in [9.17, 15) is 79.2 Å². The van der Waals surface area contributed by atoms with E-state index in [4.69, 9.17) is 25.3 Å². The topological polar surface area (TPSA) is 476 Å². The fourth-order valence-corrected chi connectivity index (χ4v) is 14.2. The van der Waals surface area contributed by atoms with Gasteiger partial charge in [-0.3, -0.25) is 43.3 Å². The molecule has 5 aliphatic rings. The number of imidazole rings is 1. The molecule has 5 fully saturated rings. The van der Waals surface area contributed by atoms with Gasteiger partial charge in [0.2, 0.25) is 46.3 Å². The number of piperazine rings is 1. The van der Waals surface area contributed by atoms with Crippen molar-refractivity contribution in [3.63, 3.8) is 0 Å². The van der Waals surface area contributed by atoms with Crippen LogP contribution in [0.5, 0.6) is 11.5 Å². The lowest BCUT2D eigenvalue weighted by Crippen LogP contribution is -2.64. The molecule has 35 heteroatoms. The van der Waals surface area contributed by atoms with E-state index in [2.05, 4.69) is 70.0 Å². The number of aliphatic hydroxyl groups is 7. The number of hydrogen-bond donors (Lipinski definition) is 15. The van der Waals surface area contributed by atoms with E-state index in [1.165, 1.54) is 62.5 Å². The van der Waals surface area contributed by atoms with Crippen molar-refractivity contribution in [2.45, 2.75) is 150 Å². The van der Waals surface area contributed by atoms with Gasteiger partial charge >= 0.3 is 0 Å². The Morgan fingerprint density at radius 2 is 1.45 bits per heavy atom. The highest BCUT2D eigenvalue weighted by Crippen LogP contribution is 2.35. The van der Waals surface area contributed by atoms with E-state index < -0.39 is 183 Å². The lowest BCUT2D eigenvalue weighted by Gasteiger charge is -2.41. The molecule has 16 N–H and O–H groups in total. The number of carbonyl (C=O) groups is 8. The monoisotopic (exact) mass is 1390 g/mol. The average Bonchev–Trinajstić information content (AvgIpc) is 1.67. The number of aromatic nitrogens is 3. The van der Waals surface area contributed by atoms with Crippen molar-refractivity contribution in [1.82, 2.24) is 55.9 Å². The molecule has 33 nitrogen and oxygen atoms in total. The minimum absolute atomic E-state index is 0.00109. The summed E-state index contributed by atoms with van der Waals surface area (Å²) in [7, 11) is 0. The third kappa shape index (κ3) is 16.7. The average molecular weight is 1390 g/mol. The van der Waals surface area contributed by atoms with Crippen LogP contribution in [0.3, 0.4) is 0 Å². The Bertz CT molecular complexity index is 3620. The number of primary amides is 1. The molecule has 5 aromatic rings. The summed E-state index contributed by atoms with van der Waals surface area (Å²) in [4.78, 5) is 126. The molecule has 1 saturated carbocycles. The number of carbonyl (C=O) groups excluding carboxylic acids is 8. The first-order valence-electron chi connectivity index (χ1n) is 31.7. The minimum Gasteiger partial charge on any atom is -0.504 e. The van der Waals surface area contributed by atoms with Crippen LogP contribution in [0.2, 0.25) is 0 Å². The third-order valence-electron chi connectivity index (χ3n) is 18.3. The highest BCUT2D eigenvalue weighted by atomic mass is 32.2. The van der Waals surface area contributed by atoms with Crippen LogP contribution in [0.15, 0.2) is 72.9 Å². The molecule has 6 heterocycles. The maximum Gasteiger partial charge on any atom is 0.261 e. The predicted molar refractivity (Wildman–Crippen MR) is 343 cm³/mol. The van der Waals surface area contributed by atoms with Crippen LogP contribution in [0.1, 0.15) is 87.2 Å². The maximum absolute atomic E-state index is 14.7. The molecule has 4 aliphatic heterocycles. The first-order chi connectivity index (χ1) is 46.4. The summed E-state index contributed by atoms with van der Waals surface area (Å²) in [5, 5.41) is 120. The summed E-state index contributed by atoms with van der Waals surface area (Å²) >= 11 is 1.38. The molecule has 524 valence electrons. The van der Waals surface area contributed by atoms with Crippen molar-refractivity contribution >= 4 is 81.6 Å². The maximum atomic E-state index is 14.7. The Morgan fingerprint density at radius 3 is 2.12 bits per heavy atom. The molecular formula is C62H79N13O20S2. The van der Waals surface area contributed by atoms with E-state index in [1.54, 1.807) is 22.8 Å². The van der Waals surface area contributed by atoms with Crippen molar-refractivity contribution in [3.8, 4) is 33.3 Å². The van der Waals surface area contributed by atoms with Crippen molar-refractivity contribution < 1.29 is 98.0 Å². The zero-order chi connectivity index (χ0) is 69.5. The summed E-state index contributed by atoms with van der Waals surface area (Å²) in [6.07, 6.45) is -7.87. The summed E-state index contributed by atoms with van der Waals surface area (Å²) in [5.41, 5.74) is 8.26. The second-order valence-electron chi connectivity index (χ2n) is 25.1. The van der Waals surface area contributed by atoms with Crippen LogP contribution in [-0.4, -0.2) is 247 Å². The molecule has 1 aliphatic carbocycles. The first kappa shape index (κ1) is 71.6. The molecule has 0 bridgehead atoms. The molecule has 0 radical (unpaired) electrons. The molecule has 8 amide bonds. The van der Waals surface area contributed by atoms with Crippen molar-refractivity contribution in [2.24, 2.45) is 11.7 Å². The Kier molecular flexibility index (Phi) is 23.3. The number of phenols is 1. The van der Waals surface area contributed by atoms with Gasteiger partial charge in [-0.15, -0.1) is 0 Å². The molecule has 4 saturated heterocycles. The lowest BCUT2D eigenvalue weighted by molar-refractivity contribution is -0.433. The van der Waals surface area contributed by atoms with Crippen molar-refractivity contribution in [3.05, 3.63) is 84.1 Å². The van der Waals surface area contributed by atoms with Crippen LogP contribution in [0.4, 0.5) is 5.69 Å². The van der Waals surface area contributed by atoms with Gasteiger partial charge in [-0.2, -0.15) is 5.10 Å². The number of phenolic OH excluding ortho intramolecular Hbond substituents is 1. The number of aliphatic hydroxyl groups excluding tert-OH is 7. The smallest absolute Gasteiger partial charge is 0.261 e. The number of rotatable bonds is 17. The van der Waals surface area contributed by atoms with Gasteiger partial charge in [-0.1, -0.05) is 65.1 Å². The number of benzene rings is 3. The molecule has 14 atom stereocenters. The summed E-state index contributed by atoms with van der Waals surface area (Å²) in [6, 6.07) is 5.81. The van der Waals surface area contributed by atoms with E-state index in [0.717, 1.165) is 77.4 Å². The standard InChI is InChI=1S/C62H79N13O20S2/c1-30-27-74-50(51(30)82)58(89)64-26-38(77)23-40(65-54(85)33-10-8-32(9-11-33)41-29-75-62(66-41)96-59(70-75)34-12-15-37(16-13-34)72-20-18-71(19-21-72)36-6-4-3-5-7-36)55(86)67-47(31(2)76)60(90)73-28-39(78)24-42(73)56(87)69-49(57(88)68-48(61(74)91)44(80)25-46(63)81)53(84)52(83)35-14-17-43(79)45(22-35)93-97-95-94-92/h8-17,22,29-31,36,38-40,42,44,47-53,76-80,82-84,92H,3-7,18-21,23-28H2,1-2H3,(H2,63,81)(H,64,89)(H,65,85)(H,67,86)(H,68,88)(H,69,87). The zero-order valence-corrected chi connectivity index (χ0v) is 54.4. The molecule has 97 heavy (non-hydrogen) atoms. The number of fused-ring (bicyclic) bond motifs is 3. The largest absolute Gasteiger partial charge is 0.504 e. The summed E-state index contributed by atoms with van der Waals surface area (Å²) in [5.74, 6) is -11.9. The van der Waals surface area contributed by atoms with Gasteiger partial charge in [0.15, 0.2) is 11.5 Å². The Labute approximate surface area is 563 Å². The first-order valence-corrected chi connectivity index (χ1v) is 33.2. The van der Waals surface area contributed by atoms with Gasteiger partial charge in [-0.05, 0) is 73.9 Å². The lowest BCUT2D eigenvalue weighted by atomic mass is 9.94. The number of nitrogens with one attached hydrogen (secondary N) is 5. The van der Waals surface area contributed by atoms with Crippen LogP contribution >= 0.6 is 23.7 Å². The van der Waals surface area contributed by atoms with Crippen molar-refractivity contribution in [2.75, 3.05) is 50.7 Å². The quantitative estimate of drug-likeness (QED) is 0.0206. The van der Waals surface area contributed by atoms with E-state index >= 15 is 0 Å². The molecule has 2 aromatic heterocycles. The number of nitrogens with zero attached hydrogens (tertiary/aromatic N) is 7. The number of hydrogen-bond acceptors (Lipinski definition) is 26. The number of nitrogens with two attached hydrogens (primary N) is 1. The highest BCUT2D eigenvalue weighted by molar-refractivity contribution is 7.90. The fourth-order valence-electron chi connectivity index (χ4n) is 13.0. The van der Waals surface area contributed by atoms with Crippen LogP contribution in [0, 0.1) is 5.92 Å². The number of anilines is 1. The van der Waals surface area contributed by atoms with E-state index in [1.807, 2.05) is 0 Å². The van der Waals surface area contributed by atoms with E-state index in [-0.39, 0.29) is 23.5 Å². The van der Waals surface area contributed by atoms with Crippen LogP contribution in [-0.2, 0) is 42.9 Å². The van der Waals surface area contributed by atoms with Crippen LogP contribution < -0.4 is 41.4 Å². The number of amides is 8. The second kappa shape index (κ2) is 31.6. The predicted octanol–water partition coefficient (Wildman–Crippen LogP) is -2.04. The molecule has 0 spiro atoms. The second-order valence-corrected chi connectivity index (χ2v) is 26.4. The van der Waals surface area contributed by atoms with Gasteiger partial charge < -0.3 is 92.1 Å². The normalized spacial score (nSPS) is 26.8. The number of aromatic hydroxyl groups is 1. The van der Waals surface area contributed by atoms with Gasteiger partial charge in [0.25, 0.3) is 18.2 Å². The van der Waals surface area contributed by atoms with Crippen LogP contribution in [0.25, 0.3) is 26.8 Å². The van der Waals surface area contributed by atoms with Crippen molar-refractivity contribution in [1.29, 1.82) is 0 Å². The molecular weight excluding hydrogens is 1310 g/mol. The Hall–Kier alpha value is -8.17. The fraction of sp³-hybridized carbons (Fsp3) is 0.516. The summed E-state index contributed by atoms with van der Waals surface area (Å²) < 4.78 is 10.9. The van der Waals surface area contributed by atoms with E-state index in [0.29, 0.717) is 22.3 Å². The highest BCUT2D eigenvalue weighted by Gasteiger charge is 2.50. The minimum atomic E-state index is -2.53. The van der Waals surface area contributed by atoms with Gasteiger partial charge in [0.05, 0.1) is 48.8 Å². The Balaban J connectivity index is 0.892. The zero-order valence-electron chi connectivity index (χ0n) is 52.7. The third-order valence-corrected chi connectivity index (χ3v) is 19.6. The molecule has 10 rings (SSSR count). The van der Waals surface area contributed by atoms with Gasteiger partial charge in [0, 0.05) is 93.0 Å². The SMILES string of the molecule is CC(O)C1NC(=O)C(NC(=O)c2ccc(-c3cn4nc(-c5ccc(N6CCN(C7CCCCC7)CC6)cc5)sc4n3)cc2)CC(O)CNC(=O)C2C(O)C(C)CN2C(=O)C(C(O)CC(N)=O)NC(=O)C(C(O)C(O)c2ccc(O)c(OSOOO)c2)NC(=O)C2CC(O)CN2C1=O. The molecule has 14 unspecified atom stereocenters. The number of β-amino-alcohol motifs (C(OH)–C–C–N with tert-alkyl or cyclic N) is 1.